The monoisotopic (exact) mass is 228 g/mol. The molecule has 15 heavy (non-hydrogen) atoms. The maximum absolute atomic E-state index is 8.99. The minimum atomic E-state index is -1.52. The second-order valence-corrected chi connectivity index (χ2v) is 4.24. The van der Waals surface area contributed by atoms with Crippen LogP contribution in [0.5, 0.6) is 5.75 Å². The molecule has 82 valence electrons. The minimum Gasteiger partial charge on any atom is -0.493 e. The van der Waals surface area contributed by atoms with Crippen molar-refractivity contribution in [3.8, 4) is 5.75 Å². The molecule has 0 aromatic heterocycles. The molecule has 0 atom stereocenters. The van der Waals surface area contributed by atoms with Crippen LogP contribution in [0.2, 0.25) is 5.02 Å². The Morgan fingerprint density at radius 3 is 2.53 bits per heavy atom. The van der Waals surface area contributed by atoms with E-state index in [1.165, 1.54) is 6.07 Å². The van der Waals surface area contributed by atoms with Gasteiger partial charge in [-0.2, -0.15) is 0 Å². The van der Waals surface area contributed by atoms with Gasteiger partial charge in [-0.3, -0.25) is 0 Å². The number of benzene rings is 1. The van der Waals surface area contributed by atoms with Crippen LogP contribution >= 0.6 is 11.6 Å². The summed E-state index contributed by atoms with van der Waals surface area (Å²) in [4.78, 5) is 0. The minimum absolute atomic E-state index is 0.334. The smallest absolute Gasteiger partial charge is 0.488 e. The number of halogens is 1. The van der Waals surface area contributed by atoms with Gasteiger partial charge in [-0.15, -0.1) is 0 Å². The van der Waals surface area contributed by atoms with E-state index in [1.807, 2.05) is 13.8 Å². The summed E-state index contributed by atoms with van der Waals surface area (Å²) >= 11 is 5.81. The highest BCUT2D eigenvalue weighted by Crippen LogP contribution is 2.16. The lowest BCUT2D eigenvalue weighted by molar-refractivity contribution is 0.271. The molecule has 0 heterocycles. The Morgan fingerprint density at radius 1 is 1.33 bits per heavy atom. The third kappa shape index (κ3) is 4.12. The Morgan fingerprint density at radius 2 is 2.00 bits per heavy atom. The first kappa shape index (κ1) is 12.4. The predicted octanol–water partition coefficient (Wildman–Crippen LogP) is 1.05. The summed E-state index contributed by atoms with van der Waals surface area (Å²) < 4.78 is 5.43. The van der Waals surface area contributed by atoms with Crippen LogP contribution in [0.15, 0.2) is 18.2 Å². The summed E-state index contributed by atoms with van der Waals surface area (Å²) in [6.07, 6.45) is 0. The zero-order chi connectivity index (χ0) is 11.4. The third-order valence-electron chi connectivity index (χ3n) is 1.78. The molecule has 0 aliphatic heterocycles. The predicted molar refractivity (Wildman–Crippen MR) is 61.6 cm³/mol. The van der Waals surface area contributed by atoms with Crippen LogP contribution in [-0.2, 0) is 0 Å². The summed E-state index contributed by atoms with van der Waals surface area (Å²) in [5.41, 5.74) is 0.334. The summed E-state index contributed by atoms with van der Waals surface area (Å²) in [5, 5.41) is 18.4. The van der Waals surface area contributed by atoms with Crippen molar-refractivity contribution in [3.05, 3.63) is 23.2 Å². The standard InChI is InChI=1S/C10H14BClO3/c1-7(2)6-15-10-4-8(11(13)14)3-9(12)5-10/h3-5,7,13-14H,6H2,1-2H3. The fourth-order valence-electron chi connectivity index (χ4n) is 1.08. The summed E-state index contributed by atoms with van der Waals surface area (Å²) in [5.74, 6) is 0.964. The van der Waals surface area contributed by atoms with E-state index < -0.39 is 7.12 Å². The van der Waals surface area contributed by atoms with Crippen molar-refractivity contribution < 1.29 is 14.8 Å². The van der Waals surface area contributed by atoms with E-state index in [-0.39, 0.29) is 0 Å². The third-order valence-corrected chi connectivity index (χ3v) is 1.99. The zero-order valence-electron chi connectivity index (χ0n) is 8.77. The quantitative estimate of drug-likeness (QED) is 0.758. The van der Waals surface area contributed by atoms with Gasteiger partial charge in [-0.25, -0.2) is 0 Å². The maximum Gasteiger partial charge on any atom is 0.488 e. The normalized spacial score (nSPS) is 10.5. The van der Waals surface area contributed by atoms with Crippen molar-refractivity contribution in [2.75, 3.05) is 6.61 Å². The fourth-order valence-corrected chi connectivity index (χ4v) is 1.31. The van der Waals surface area contributed by atoms with E-state index in [9.17, 15) is 0 Å². The number of ether oxygens (including phenoxy) is 1. The second-order valence-electron chi connectivity index (χ2n) is 3.80. The first-order valence-corrected chi connectivity index (χ1v) is 5.16. The molecule has 1 rings (SSSR count). The molecule has 0 saturated heterocycles. The van der Waals surface area contributed by atoms with Crippen molar-refractivity contribution in [2.45, 2.75) is 13.8 Å². The van der Waals surface area contributed by atoms with Gasteiger partial charge in [0.15, 0.2) is 0 Å². The molecule has 0 radical (unpaired) electrons. The lowest BCUT2D eigenvalue weighted by Crippen LogP contribution is -2.29. The van der Waals surface area contributed by atoms with Crippen LogP contribution in [-0.4, -0.2) is 23.8 Å². The lowest BCUT2D eigenvalue weighted by Gasteiger charge is -2.10. The molecule has 0 saturated carbocycles. The Hall–Kier alpha value is -0.705. The van der Waals surface area contributed by atoms with Crippen LogP contribution < -0.4 is 10.2 Å². The van der Waals surface area contributed by atoms with E-state index in [0.717, 1.165) is 0 Å². The van der Waals surface area contributed by atoms with Crippen LogP contribution in [0, 0.1) is 5.92 Å². The molecule has 0 spiro atoms. The van der Waals surface area contributed by atoms with Crippen molar-refractivity contribution in [1.29, 1.82) is 0 Å². The molecule has 0 aliphatic carbocycles. The van der Waals surface area contributed by atoms with Gasteiger partial charge in [0.05, 0.1) is 6.61 Å². The molecule has 3 nitrogen and oxygen atoms in total. The molecule has 5 heteroatoms. The van der Waals surface area contributed by atoms with E-state index in [2.05, 4.69) is 0 Å². The largest absolute Gasteiger partial charge is 0.493 e. The Balaban J connectivity index is 2.79. The van der Waals surface area contributed by atoms with Gasteiger partial charge in [0.2, 0.25) is 0 Å². The molecule has 1 aromatic rings. The van der Waals surface area contributed by atoms with E-state index in [1.54, 1.807) is 12.1 Å². The van der Waals surface area contributed by atoms with Gasteiger partial charge < -0.3 is 14.8 Å². The van der Waals surface area contributed by atoms with E-state index in [4.69, 9.17) is 26.4 Å². The lowest BCUT2D eigenvalue weighted by atomic mass is 9.80. The van der Waals surface area contributed by atoms with Gasteiger partial charge in [0.1, 0.15) is 5.75 Å². The highest BCUT2D eigenvalue weighted by Gasteiger charge is 2.13. The average molecular weight is 228 g/mol. The first-order valence-electron chi connectivity index (χ1n) is 4.78. The Bertz CT molecular complexity index is 328. The number of hydrogen-bond donors (Lipinski definition) is 2. The summed E-state index contributed by atoms with van der Waals surface area (Å²) in [6.45, 7) is 4.64. The molecular weight excluding hydrogens is 214 g/mol. The van der Waals surface area contributed by atoms with Crippen molar-refractivity contribution in [1.82, 2.24) is 0 Å². The number of rotatable bonds is 4. The number of hydrogen-bond acceptors (Lipinski definition) is 3. The van der Waals surface area contributed by atoms with Crippen molar-refractivity contribution >= 4 is 24.2 Å². The van der Waals surface area contributed by atoms with Gasteiger partial charge in [-0.1, -0.05) is 25.4 Å². The van der Waals surface area contributed by atoms with Crippen LogP contribution in [0.1, 0.15) is 13.8 Å². The van der Waals surface area contributed by atoms with Gasteiger partial charge in [0.25, 0.3) is 0 Å². The van der Waals surface area contributed by atoms with E-state index >= 15 is 0 Å². The van der Waals surface area contributed by atoms with Crippen LogP contribution in [0.25, 0.3) is 0 Å². The van der Waals surface area contributed by atoms with Crippen molar-refractivity contribution in [2.24, 2.45) is 5.92 Å². The highest BCUT2D eigenvalue weighted by atomic mass is 35.5. The van der Waals surface area contributed by atoms with Crippen LogP contribution in [0.3, 0.4) is 0 Å². The Labute approximate surface area is 94.8 Å². The molecule has 0 amide bonds. The van der Waals surface area contributed by atoms with E-state index in [0.29, 0.717) is 28.8 Å². The molecule has 1 aromatic carbocycles. The van der Waals surface area contributed by atoms with Gasteiger partial charge >= 0.3 is 7.12 Å². The second kappa shape index (κ2) is 5.40. The topological polar surface area (TPSA) is 49.7 Å². The summed E-state index contributed by atoms with van der Waals surface area (Å²) in [7, 11) is -1.52. The first-order chi connectivity index (χ1) is 6.99. The van der Waals surface area contributed by atoms with Gasteiger partial charge in [-0.05, 0) is 29.6 Å². The molecule has 0 aliphatic rings. The Kier molecular flexibility index (Phi) is 4.45. The molecule has 0 unspecified atom stereocenters. The van der Waals surface area contributed by atoms with Gasteiger partial charge in [0, 0.05) is 5.02 Å². The molecule has 0 fully saturated rings. The SMILES string of the molecule is CC(C)COc1cc(Cl)cc(B(O)O)c1. The molecule has 0 bridgehead atoms. The van der Waals surface area contributed by atoms with Crippen molar-refractivity contribution in [3.63, 3.8) is 0 Å². The summed E-state index contributed by atoms with van der Waals surface area (Å²) in [6, 6.07) is 4.71. The maximum atomic E-state index is 8.99. The molecular formula is C10H14BClO3. The zero-order valence-corrected chi connectivity index (χ0v) is 9.53. The fraction of sp³-hybridized carbons (Fsp3) is 0.400. The average Bonchev–Trinajstić information content (AvgIpc) is 2.13. The highest BCUT2D eigenvalue weighted by molar-refractivity contribution is 6.59. The van der Waals surface area contributed by atoms with Crippen LogP contribution in [0.4, 0.5) is 0 Å². The molecule has 2 N–H and O–H groups in total.